The number of hydrogen-bond acceptors (Lipinski definition) is 0. The van der Waals surface area contributed by atoms with Crippen molar-refractivity contribution in [3.8, 4) is 0 Å². The van der Waals surface area contributed by atoms with Crippen molar-refractivity contribution in [1.82, 2.24) is 0 Å². The maximum Gasteiger partial charge on any atom is 0.113 e. The normalized spacial score (nSPS) is 20.6. The molecular formula is C15H16Si. The van der Waals surface area contributed by atoms with Crippen molar-refractivity contribution in [3.63, 3.8) is 0 Å². The fourth-order valence-corrected chi connectivity index (χ4v) is 5.94. The Morgan fingerprint density at radius 1 is 1.00 bits per heavy atom. The van der Waals surface area contributed by atoms with Crippen molar-refractivity contribution >= 4 is 18.8 Å². The first kappa shape index (κ1) is 9.85. The summed E-state index contributed by atoms with van der Waals surface area (Å²) in [4.78, 5) is 0. The predicted molar refractivity (Wildman–Crippen MR) is 73.4 cm³/mol. The first-order valence-corrected chi connectivity index (χ1v) is 8.89. The van der Waals surface area contributed by atoms with Gasteiger partial charge in [0.05, 0.1) is 0 Å². The molecule has 1 aromatic carbocycles. The van der Waals surface area contributed by atoms with Gasteiger partial charge in [0, 0.05) is 0 Å². The first-order valence-electron chi connectivity index (χ1n) is 5.89. The van der Waals surface area contributed by atoms with E-state index >= 15 is 0 Å². The molecule has 0 nitrogen and oxygen atoms in total. The second-order valence-corrected chi connectivity index (χ2v) is 9.37. The van der Waals surface area contributed by atoms with E-state index in [9.17, 15) is 0 Å². The van der Waals surface area contributed by atoms with E-state index in [-0.39, 0.29) is 0 Å². The molecule has 3 rings (SSSR count). The first-order chi connectivity index (χ1) is 7.71. The molecule has 0 saturated carbocycles. The van der Waals surface area contributed by atoms with Gasteiger partial charge in [0.25, 0.3) is 0 Å². The molecule has 1 heteroatoms. The molecule has 0 bridgehead atoms. The van der Waals surface area contributed by atoms with E-state index in [2.05, 4.69) is 61.7 Å². The quantitative estimate of drug-likeness (QED) is 0.592. The SMILES string of the molecule is C[Si]1(C)C2=C(C=CCC=C2)c2ccccc21. The highest BCUT2D eigenvalue weighted by Gasteiger charge is 2.37. The average Bonchev–Trinajstić information content (AvgIpc) is 2.50. The van der Waals surface area contributed by atoms with Crippen LogP contribution in [-0.2, 0) is 0 Å². The summed E-state index contributed by atoms with van der Waals surface area (Å²) in [6.45, 7) is 4.91. The topological polar surface area (TPSA) is 0 Å². The Morgan fingerprint density at radius 2 is 1.75 bits per heavy atom. The van der Waals surface area contributed by atoms with Crippen LogP contribution in [0.1, 0.15) is 12.0 Å². The fourth-order valence-electron chi connectivity index (χ4n) is 2.82. The monoisotopic (exact) mass is 224 g/mol. The van der Waals surface area contributed by atoms with Crippen molar-refractivity contribution < 1.29 is 0 Å². The molecule has 0 radical (unpaired) electrons. The molecule has 16 heavy (non-hydrogen) atoms. The molecule has 2 aliphatic rings. The molecule has 0 saturated heterocycles. The number of allylic oxidation sites excluding steroid dienone is 6. The third-order valence-corrected chi connectivity index (χ3v) is 7.26. The summed E-state index contributed by atoms with van der Waals surface area (Å²) in [5.41, 5.74) is 2.94. The second kappa shape index (κ2) is 3.32. The molecular weight excluding hydrogens is 208 g/mol. The van der Waals surface area contributed by atoms with E-state index in [4.69, 9.17) is 0 Å². The molecule has 1 aliphatic heterocycles. The lowest BCUT2D eigenvalue weighted by Gasteiger charge is -2.19. The van der Waals surface area contributed by atoms with Gasteiger partial charge in [-0.1, -0.05) is 61.7 Å². The zero-order valence-corrected chi connectivity index (χ0v) is 10.8. The van der Waals surface area contributed by atoms with Crippen LogP contribution in [0.25, 0.3) is 5.57 Å². The fraction of sp³-hybridized carbons (Fsp3) is 0.200. The van der Waals surface area contributed by atoms with E-state index in [1.54, 1.807) is 10.4 Å². The van der Waals surface area contributed by atoms with Crippen LogP contribution in [0.2, 0.25) is 13.1 Å². The maximum atomic E-state index is 2.46. The lowest BCUT2D eigenvalue weighted by molar-refractivity contribution is 1.40. The minimum absolute atomic E-state index is 1.07. The van der Waals surface area contributed by atoms with Gasteiger partial charge in [0.1, 0.15) is 8.07 Å². The Bertz CT molecular complexity index is 530. The molecule has 1 heterocycles. The Morgan fingerprint density at radius 3 is 2.62 bits per heavy atom. The summed E-state index contributed by atoms with van der Waals surface area (Å²) in [6.07, 6.45) is 10.3. The van der Waals surface area contributed by atoms with Gasteiger partial charge in [-0.05, 0) is 27.9 Å². The van der Waals surface area contributed by atoms with Crippen LogP contribution in [0.5, 0.6) is 0 Å². The van der Waals surface area contributed by atoms with Crippen LogP contribution in [0.3, 0.4) is 0 Å². The molecule has 0 aromatic heterocycles. The lowest BCUT2D eigenvalue weighted by atomic mass is 10.1. The van der Waals surface area contributed by atoms with E-state index in [1.165, 1.54) is 11.1 Å². The molecule has 80 valence electrons. The Kier molecular flexibility index (Phi) is 2.05. The molecule has 0 amide bonds. The minimum atomic E-state index is -1.41. The number of rotatable bonds is 0. The van der Waals surface area contributed by atoms with Gasteiger partial charge in [0.2, 0.25) is 0 Å². The molecule has 0 N–H and O–H groups in total. The zero-order valence-electron chi connectivity index (χ0n) is 9.83. The molecule has 1 aliphatic carbocycles. The van der Waals surface area contributed by atoms with Gasteiger partial charge in [-0.2, -0.15) is 0 Å². The summed E-state index contributed by atoms with van der Waals surface area (Å²) in [6, 6.07) is 8.92. The van der Waals surface area contributed by atoms with E-state index in [1.807, 2.05) is 0 Å². The highest BCUT2D eigenvalue weighted by molar-refractivity contribution is 6.99. The van der Waals surface area contributed by atoms with Gasteiger partial charge in [-0.25, -0.2) is 0 Å². The predicted octanol–water partition coefficient (Wildman–Crippen LogP) is 3.42. The van der Waals surface area contributed by atoms with E-state index < -0.39 is 8.07 Å². The van der Waals surface area contributed by atoms with Crippen molar-refractivity contribution in [3.05, 3.63) is 59.3 Å². The van der Waals surface area contributed by atoms with Crippen LogP contribution >= 0.6 is 0 Å². The van der Waals surface area contributed by atoms with Crippen molar-refractivity contribution in [2.75, 3.05) is 0 Å². The van der Waals surface area contributed by atoms with Crippen molar-refractivity contribution in [1.29, 1.82) is 0 Å². The number of fused-ring (bicyclic) bond motifs is 2. The third-order valence-electron chi connectivity index (χ3n) is 3.70. The number of hydrogen-bond donors (Lipinski definition) is 0. The van der Waals surface area contributed by atoms with Gasteiger partial charge in [-0.15, -0.1) is 0 Å². The summed E-state index contributed by atoms with van der Waals surface area (Å²) in [7, 11) is -1.41. The van der Waals surface area contributed by atoms with Gasteiger partial charge in [-0.3, -0.25) is 0 Å². The summed E-state index contributed by atoms with van der Waals surface area (Å²) in [5.74, 6) is 0. The summed E-state index contributed by atoms with van der Waals surface area (Å²) in [5, 5.41) is 3.19. The third kappa shape index (κ3) is 1.21. The Labute approximate surface area is 98.0 Å². The highest BCUT2D eigenvalue weighted by Crippen LogP contribution is 2.36. The van der Waals surface area contributed by atoms with Crippen molar-refractivity contribution in [2.45, 2.75) is 19.5 Å². The van der Waals surface area contributed by atoms with Gasteiger partial charge >= 0.3 is 0 Å². The molecule has 0 atom stereocenters. The van der Waals surface area contributed by atoms with Crippen LogP contribution in [0.4, 0.5) is 0 Å². The lowest BCUT2D eigenvalue weighted by Crippen LogP contribution is -2.40. The van der Waals surface area contributed by atoms with E-state index in [0.717, 1.165) is 6.42 Å². The van der Waals surface area contributed by atoms with Gasteiger partial charge in [0.15, 0.2) is 0 Å². The summed E-state index contributed by atoms with van der Waals surface area (Å²) >= 11 is 0. The smallest absolute Gasteiger partial charge is 0.0808 e. The van der Waals surface area contributed by atoms with E-state index in [0.29, 0.717) is 0 Å². The highest BCUT2D eigenvalue weighted by atomic mass is 28.3. The van der Waals surface area contributed by atoms with Crippen LogP contribution in [0, 0.1) is 0 Å². The average molecular weight is 224 g/mol. The molecule has 0 unspecified atom stereocenters. The Balaban J connectivity index is 2.32. The van der Waals surface area contributed by atoms with Crippen LogP contribution < -0.4 is 5.19 Å². The number of benzene rings is 1. The standard InChI is InChI=1S/C15H16Si/c1-16(2)14-10-5-3-4-8-12(14)13-9-6-7-11-15(13)16/h4-11H,3H2,1-2H3. The van der Waals surface area contributed by atoms with Crippen molar-refractivity contribution in [2.24, 2.45) is 0 Å². The molecule has 1 aromatic rings. The molecule has 0 spiro atoms. The summed E-state index contributed by atoms with van der Waals surface area (Å²) < 4.78 is 0. The Hall–Kier alpha value is -1.34. The second-order valence-electron chi connectivity index (χ2n) is 5.04. The minimum Gasteiger partial charge on any atom is -0.0808 e. The van der Waals surface area contributed by atoms with Crippen LogP contribution in [0.15, 0.2) is 53.8 Å². The maximum absolute atomic E-state index is 2.46. The largest absolute Gasteiger partial charge is 0.113 e. The van der Waals surface area contributed by atoms with Crippen LogP contribution in [-0.4, -0.2) is 8.07 Å². The van der Waals surface area contributed by atoms with Gasteiger partial charge < -0.3 is 0 Å². The zero-order chi connectivity index (χ0) is 11.2. The molecule has 0 fully saturated rings.